The van der Waals surface area contributed by atoms with Crippen molar-refractivity contribution in [2.45, 2.75) is 66.1 Å². The molecule has 0 radical (unpaired) electrons. The van der Waals surface area contributed by atoms with Crippen LogP contribution in [0.1, 0.15) is 51.9 Å². The van der Waals surface area contributed by atoms with Gasteiger partial charge in [0.2, 0.25) is 0 Å². The van der Waals surface area contributed by atoms with Crippen LogP contribution in [0.15, 0.2) is 4.47 Å². The first kappa shape index (κ1) is 14.7. The summed E-state index contributed by atoms with van der Waals surface area (Å²) in [5, 5.41) is 8.16. The van der Waals surface area contributed by atoms with Gasteiger partial charge in [-0.1, -0.05) is 13.8 Å². The highest BCUT2D eigenvalue weighted by molar-refractivity contribution is 9.10. The Morgan fingerprint density at radius 2 is 1.88 bits per heavy atom. The number of hydrogen-bond acceptors (Lipinski definition) is 2. The Morgan fingerprint density at radius 1 is 1.29 bits per heavy atom. The number of hydrogen-bond donors (Lipinski definition) is 1. The lowest BCUT2D eigenvalue weighted by atomic mass is 9.95. The summed E-state index contributed by atoms with van der Waals surface area (Å²) < 4.78 is 3.21. The van der Waals surface area contributed by atoms with E-state index in [1.54, 1.807) is 0 Å². The summed E-state index contributed by atoms with van der Waals surface area (Å²) >= 11 is 3.63. The van der Waals surface area contributed by atoms with Gasteiger partial charge >= 0.3 is 0 Å². The molecule has 0 atom stereocenters. The van der Waals surface area contributed by atoms with Crippen molar-refractivity contribution in [3.8, 4) is 0 Å². The van der Waals surface area contributed by atoms with Crippen molar-refractivity contribution in [2.24, 2.45) is 0 Å². The highest BCUT2D eigenvalue weighted by Gasteiger charge is 2.20. The van der Waals surface area contributed by atoms with Gasteiger partial charge in [-0.2, -0.15) is 5.10 Å². The van der Waals surface area contributed by atoms with E-state index in [2.05, 4.69) is 58.7 Å². The van der Waals surface area contributed by atoms with E-state index < -0.39 is 0 Å². The minimum absolute atomic E-state index is 0.218. The van der Waals surface area contributed by atoms with Crippen LogP contribution in [-0.4, -0.2) is 15.3 Å². The molecule has 17 heavy (non-hydrogen) atoms. The summed E-state index contributed by atoms with van der Waals surface area (Å²) in [5.74, 6) is 0. The highest BCUT2D eigenvalue weighted by atomic mass is 79.9. The van der Waals surface area contributed by atoms with Crippen LogP contribution < -0.4 is 5.32 Å². The standard InChI is InChI=1S/C13H24BrN3/c1-6-13(5,7-2)15-9-11-12(14)10(4)16-17(11)8-3/h15H,6-9H2,1-5H3. The number of rotatable bonds is 6. The van der Waals surface area contributed by atoms with Crippen molar-refractivity contribution >= 4 is 15.9 Å². The predicted octanol–water partition coefficient (Wildman–Crippen LogP) is 3.64. The van der Waals surface area contributed by atoms with Crippen molar-refractivity contribution in [3.05, 3.63) is 15.9 Å². The Hall–Kier alpha value is -0.350. The third-order valence-electron chi connectivity index (χ3n) is 3.70. The molecule has 0 spiro atoms. The molecule has 1 rings (SSSR count). The van der Waals surface area contributed by atoms with Crippen LogP contribution >= 0.6 is 15.9 Å². The second-order valence-corrected chi connectivity index (χ2v) is 5.58. The number of halogens is 1. The second kappa shape index (κ2) is 6.01. The second-order valence-electron chi connectivity index (χ2n) is 4.78. The Kier molecular flexibility index (Phi) is 5.20. The lowest BCUT2D eigenvalue weighted by Crippen LogP contribution is -2.41. The van der Waals surface area contributed by atoms with E-state index in [0.29, 0.717) is 0 Å². The van der Waals surface area contributed by atoms with Crippen molar-refractivity contribution in [2.75, 3.05) is 0 Å². The zero-order chi connectivity index (χ0) is 13.1. The van der Waals surface area contributed by atoms with Crippen LogP contribution in [0.5, 0.6) is 0 Å². The van der Waals surface area contributed by atoms with Crippen molar-refractivity contribution in [3.63, 3.8) is 0 Å². The number of aryl methyl sites for hydroxylation is 2. The van der Waals surface area contributed by atoms with Crippen LogP contribution in [-0.2, 0) is 13.1 Å². The predicted molar refractivity (Wildman–Crippen MR) is 76.2 cm³/mol. The molecule has 0 bridgehead atoms. The van der Waals surface area contributed by atoms with E-state index in [0.717, 1.165) is 36.1 Å². The normalized spacial score (nSPS) is 12.1. The van der Waals surface area contributed by atoms with Crippen molar-refractivity contribution < 1.29 is 0 Å². The van der Waals surface area contributed by atoms with Crippen molar-refractivity contribution in [1.82, 2.24) is 15.1 Å². The first-order chi connectivity index (χ1) is 7.97. The third kappa shape index (κ3) is 3.32. The third-order valence-corrected chi connectivity index (χ3v) is 4.73. The van der Waals surface area contributed by atoms with E-state index in [9.17, 15) is 0 Å². The van der Waals surface area contributed by atoms with Crippen LogP contribution in [0.3, 0.4) is 0 Å². The summed E-state index contributed by atoms with van der Waals surface area (Å²) in [6.07, 6.45) is 2.28. The van der Waals surface area contributed by atoms with Gasteiger partial charge in [0.15, 0.2) is 0 Å². The maximum absolute atomic E-state index is 4.51. The number of aromatic nitrogens is 2. The molecule has 0 saturated heterocycles. The number of nitrogens with one attached hydrogen (secondary N) is 1. The molecule has 0 aliphatic rings. The average molecular weight is 302 g/mol. The molecular formula is C13H24BrN3. The molecular weight excluding hydrogens is 278 g/mol. The van der Waals surface area contributed by atoms with E-state index in [4.69, 9.17) is 0 Å². The summed E-state index contributed by atoms with van der Waals surface area (Å²) in [6, 6.07) is 0. The molecule has 0 amide bonds. The van der Waals surface area contributed by atoms with Gasteiger partial charge in [0.05, 0.1) is 15.9 Å². The quantitative estimate of drug-likeness (QED) is 0.869. The fourth-order valence-electron chi connectivity index (χ4n) is 1.83. The minimum atomic E-state index is 0.218. The molecule has 1 aromatic heterocycles. The molecule has 98 valence electrons. The van der Waals surface area contributed by atoms with Gasteiger partial charge in [0, 0.05) is 18.6 Å². The van der Waals surface area contributed by atoms with Gasteiger partial charge in [-0.15, -0.1) is 0 Å². The molecule has 1 heterocycles. The van der Waals surface area contributed by atoms with Crippen LogP contribution in [0.25, 0.3) is 0 Å². The van der Waals surface area contributed by atoms with Gasteiger partial charge in [0.1, 0.15) is 0 Å². The number of nitrogens with zero attached hydrogens (tertiary/aromatic N) is 2. The Balaban J connectivity index is 2.81. The summed E-state index contributed by atoms with van der Waals surface area (Å²) in [6.45, 7) is 12.7. The Morgan fingerprint density at radius 3 is 2.35 bits per heavy atom. The Labute approximate surface area is 113 Å². The molecule has 1 N–H and O–H groups in total. The largest absolute Gasteiger partial charge is 0.306 e. The van der Waals surface area contributed by atoms with Gasteiger partial charge in [-0.3, -0.25) is 4.68 Å². The zero-order valence-electron chi connectivity index (χ0n) is 11.6. The maximum Gasteiger partial charge on any atom is 0.0739 e. The SMILES string of the molecule is CCn1nc(C)c(Br)c1CNC(C)(CC)CC. The van der Waals surface area contributed by atoms with Gasteiger partial charge in [0.25, 0.3) is 0 Å². The molecule has 0 fully saturated rings. The fraction of sp³-hybridized carbons (Fsp3) is 0.769. The van der Waals surface area contributed by atoms with Crippen LogP contribution in [0.2, 0.25) is 0 Å². The fourth-order valence-corrected chi connectivity index (χ4v) is 2.26. The molecule has 0 aliphatic carbocycles. The summed E-state index contributed by atoms with van der Waals surface area (Å²) in [4.78, 5) is 0. The smallest absolute Gasteiger partial charge is 0.0739 e. The molecule has 1 aromatic rings. The van der Waals surface area contributed by atoms with Crippen LogP contribution in [0, 0.1) is 6.92 Å². The lowest BCUT2D eigenvalue weighted by molar-refractivity contribution is 0.324. The van der Waals surface area contributed by atoms with E-state index in [1.165, 1.54) is 5.69 Å². The van der Waals surface area contributed by atoms with Gasteiger partial charge in [-0.25, -0.2) is 0 Å². The van der Waals surface area contributed by atoms with E-state index in [-0.39, 0.29) is 5.54 Å². The molecule has 0 aromatic carbocycles. The topological polar surface area (TPSA) is 29.9 Å². The van der Waals surface area contributed by atoms with Gasteiger partial charge in [-0.05, 0) is 49.5 Å². The van der Waals surface area contributed by atoms with Crippen molar-refractivity contribution in [1.29, 1.82) is 0 Å². The first-order valence-corrected chi connectivity index (χ1v) is 7.23. The molecule has 0 saturated carbocycles. The highest BCUT2D eigenvalue weighted by Crippen LogP contribution is 2.22. The first-order valence-electron chi connectivity index (χ1n) is 6.44. The molecule has 0 aliphatic heterocycles. The average Bonchev–Trinajstić information content (AvgIpc) is 2.62. The minimum Gasteiger partial charge on any atom is -0.306 e. The summed E-state index contributed by atoms with van der Waals surface area (Å²) in [7, 11) is 0. The molecule has 0 unspecified atom stereocenters. The summed E-state index contributed by atoms with van der Waals surface area (Å²) in [5.41, 5.74) is 2.53. The lowest BCUT2D eigenvalue weighted by Gasteiger charge is -2.28. The van der Waals surface area contributed by atoms with E-state index in [1.807, 2.05) is 6.92 Å². The monoisotopic (exact) mass is 301 g/mol. The molecule has 4 heteroatoms. The Bertz CT molecular complexity index is 367. The zero-order valence-corrected chi connectivity index (χ0v) is 13.2. The molecule has 3 nitrogen and oxygen atoms in total. The maximum atomic E-state index is 4.51. The van der Waals surface area contributed by atoms with E-state index >= 15 is 0 Å². The van der Waals surface area contributed by atoms with Gasteiger partial charge < -0.3 is 5.32 Å². The van der Waals surface area contributed by atoms with Crippen LogP contribution in [0.4, 0.5) is 0 Å².